The molecule has 24 heavy (non-hydrogen) atoms. The second-order valence-electron chi connectivity index (χ2n) is 5.72. The normalized spacial score (nSPS) is 14.9. The van der Waals surface area contributed by atoms with E-state index in [0.717, 1.165) is 13.1 Å². The zero-order valence-electron chi connectivity index (χ0n) is 13.3. The van der Waals surface area contributed by atoms with E-state index in [4.69, 9.17) is 4.74 Å². The van der Waals surface area contributed by atoms with Gasteiger partial charge in [-0.25, -0.2) is 4.39 Å². The molecule has 1 atom stereocenters. The van der Waals surface area contributed by atoms with Gasteiger partial charge in [0.25, 0.3) is 0 Å². The lowest BCUT2D eigenvalue weighted by Gasteiger charge is -2.31. The predicted octanol–water partition coefficient (Wildman–Crippen LogP) is 3.83. The summed E-state index contributed by atoms with van der Waals surface area (Å²) < 4.78 is 19.9. The van der Waals surface area contributed by atoms with Gasteiger partial charge < -0.3 is 15.4 Å². The Morgan fingerprint density at radius 2 is 1.92 bits per heavy atom. The molecule has 1 saturated heterocycles. The van der Waals surface area contributed by atoms with E-state index in [-0.39, 0.29) is 29.9 Å². The van der Waals surface area contributed by atoms with Crippen molar-refractivity contribution >= 4 is 24.0 Å². The fourth-order valence-corrected chi connectivity index (χ4v) is 2.44. The van der Waals surface area contributed by atoms with Gasteiger partial charge in [-0.05, 0) is 43.3 Å². The quantitative estimate of drug-likeness (QED) is 0.861. The van der Waals surface area contributed by atoms with Crippen molar-refractivity contribution < 1.29 is 13.9 Å². The zero-order valence-corrected chi connectivity index (χ0v) is 14.1. The lowest BCUT2D eigenvalue weighted by atomic mass is 9.88. The van der Waals surface area contributed by atoms with E-state index in [2.05, 4.69) is 10.6 Å². The summed E-state index contributed by atoms with van der Waals surface area (Å²) >= 11 is 0. The van der Waals surface area contributed by atoms with E-state index in [1.807, 2.05) is 25.1 Å². The third-order valence-corrected chi connectivity index (χ3v) is 4.13. The van der Waals surface area contributed by atoms with E-state index in [1.54, 1.807) is 24.3 Å². The van der Waals surface area contributed by atoms with Gasteiger partial charge in [0.05, 0.1) is 0 Å². The predicted molar refractivity (Wildman–Crippen MR) is 94.3 cm³/mol. The summed E-state index contributed by atoms with van der Waals surface area (Å²) in [4.78, 5) is 12.3. The van der Waals surface area contributed by atoms with Crippen LogP contribution in [0.1, 0.15) is 6.92 Å². The van der Waals surface area contributed by atoms with E-state index in [9.17, 15) is 9.18 Å². The van der Waals surface area contributed by atoms with Crippen molar-refractivity contribution in [1.29, 1.82) is 0 Å². The standard InChI is InChI=1S/C18H19FN2O2.ClH/c1-12(13-10-20-11-13)18(22)21-17-15(19)8-5-9-16(17)23-14-6-3-2-4-7-14;/h2-9,12-13,20H,10-11H2,1H3,(H,21,22);1H. The number of carbonyl (C=O) groups is 1. The molecule has 0 aliphatic carbocycles. The molecule has 3 rings (SSSR count). The van der Waals surface area contributed by atoms with Crippen LogP contribution in [0.5, 0.6) is 11.5 Å². The third kappa shape index (κ3) is 4.04. The van der Waals surface area contributed by atoms with Gasteiger partial charge in [0.15, 0.2) is 11.6 Å². The average Bonchev–Trinajstić information content (AvgIpc) is 2.50. The summed E-state index contributed by atoms with van der Waals surface area (Å²) in [6.45, 7) is 3.50. The maximum Gasteiger partial charge on any atom is 0.227 e. The zero-order chi connectivity index (χ0) is 16.2. The first-order chi connectivity index (χ1) is 11.1. The van der Waals surface area contributed by atoms with Crippen LogP contribution in [0.25, 0.3) is 0 Å². The van der Waals surface area contributed by atoms with Crippen molar-refractivity contribution in [3.05, 3.63) is 54.3 Å². The number of hydrogen-bond donors (Lipinski definition) is 2. The maximum absolute atomic E-state index is 14.2. The molecule has 1 aliphatic heterocycles. The second kappa shape index (κ2) is 8.13. The van der Waals surface area contributed by atoms with Gasteiger partial charge in [-0.15, -0.1) is 12.4 Å². The van der Waals surface area contributed by atoms with Gasteiger partial charge in [-0.3, -0.25) is 4.79 Å². The maximum atomic E-state index is 14.2. The highest BCUT2D eigenvalue weighted by Crippen LogP contribution is 2.32. The highest BCUT2D eigenvalue weighted by Gasteiger charge is 2.29. The van der Waals surface area contributed by atoms with Crippen LogP contribution < -0.4 is 15.4 Å². The SMILES string of the molecule is CC(C(=O)Nc1c(F)cccc1Oc1ccccc1)C1CNC1.Cl. The number of carbonyl (C=O) groups excluding carboxylic acids is 1. The van der Waals surface area contributed by atoms with Crippen molar-refractivity contribution in [1.82, 2.24) is 5.32 Å². The number of rotatable bonds is 5. The largest absolute Gasteiger partial charge is 0.455 e. The van der Waals surface area contributed by atoms with Gasteiger partial charge in [0, 0.05) is 5.92 Å². The highest BCUT2D eigenvalue weighted by atomic mass is 35.5. The molecular formula is C18H20ClFN2O2. The van der Waals surface area contributed by atoms with Crippen LogP contribution >= 0.6 is 12.4 Å². The van der Waals surface area contributed by atoms with Crippen LogP contribution in [-0.2, 0) is 4.79 Å². The molecule has 0 spiro atoms. The summed E-state index contributed by atoms with van der Waals surface area (Å²) in [5.41, 5.74) is 0.0838. The molecule has 1 amide bonds. The number of ether oxygens (including phenoxy) is 1. The van der Waals surface area contributed by atoms with Gasteiger partial charge in [-0.1, -0.05) is 31.2 Å². The van der Waals surface area contributed by atoms with E-state index in [1.165, 1.54) is 6.07 Å². The first kappa shape index (κ1) is 18.2. The Bertz CT molecular complexity index is 693. The summed E-state index contributed by atoms with van der Waals surface area (Å²) in [6.07, 6.45) is 0. The number of nitrogens with one attached hydrogen (secondary N) is 2. The molecule has 1 unspecified atom stereocenters. The Morgan fingerprint density at radius 3 is 2.54 bits per heavy atom. The number of anilines is 1. The van der Waals surface area contributed by atoms with Crippen LogP contribution in [0, 0.1) is 17.7 Å². The third-order valence-electron chi connectivity index (χ3n) is 4.13. The fraction of sp³-hybridized carbons (Fsp3) is 0.278. The Balaban J connectivity index is 0.00000208. The second-order valence-corrected chi connectivity index (χ2v) is 5.72. The average molecular weight is 351 g/mol. The molecule has 6 heteroatoms. The number of hydrogen-bond acceptors (Lipinski definition) is 3. The van der Waals surface area contributed by atoms with E-state index in [0.29, 0.717) is 17.4 Å². The molecule has 0 bridgehead atoms. The highest BCUT2D eigenvalue weighted by molar-refractivity contribution is 5.94. The molecule has 2 aromatic rings. The molecule has 4 nitrogen and oxygen atoms in total. The van der Waals surface area contributed by atoms with E-state index >= 15 is 0 Å². The van der Waals surface area contributed by atoms with Gasteiger partial charge in [0.2, 0.25) is 5.91 Å². The van der Waals surface area contributed by atoms with Crippen LogP contribution in [-0.4, -0.2) is 19.0 Å². The number of amides is 1. The van der Waals surface area contributed by atoms with Crippen molar-refractivity contribution in [2.75, 3.05) is 18.4 Å². The number of halogens is 2. The summed E-state index contributed by atoms with van der Waals surface area (Å²) in [6, 6.07) is 13.6. The minimum absolute atomic E-state index is 0. The van der Waals surface area contributed by atoms with Gasteiger partial charge in [0.1, 0.15) is 11.4 Å². The summed E-state index contributed by atoms with van der Waals surface area (Å²) in [7, 11) is 0. The molecule has 0 aromatic heterocycles. The number of benzene rings is 2. The fourth-order valence-electron chi connectivity index (χ4n) is 2.44. The van der Waals surface area contributed by atoms with Crippen molar-refractivity contribution in [3.63, 3.8) is 0 Å². The number of para-hydroxylation sites is 2. The van der Waals surface area contributed by atoms with E-state index < -0.39 is 5.82 Å². The van der Waals surface area contributed by atoms with Crippen molar-refractivity contribution in [3.8, 4) is 11.5 Å². The molecule has 1 fully saturated rings. The minimum Gasteiger partial charge on any atom is -0.455 e. The molecule has 2 N–H and O–H groups in total. The van der Waals surface area contributed by atoms with Gasteiger partial charge >= 0.3 is 0 Å². The topological polar surface area (TPSA) is 50.4 Å². The lowest BCUT2D eigenvalue weighted by Crippen LogP contribution is -2.48. The van der Waals surface area contributed by atoms with Crippen molar-refractivity contribution in [2.45, 2.75) is 6.92 Å². The molecule has 1 aliphatic rings. The van der Waals surface area contributed by atoms with Crippen LogP contribution in [0.2, 0.25) is 0 Å². The molecule has 2 aromatic carbocycles. The lowest BCUT2D eigenvalue weighted by molar-refractivity contribution is -0.121. The monoisotopic (exact) mass is 350 g/mol. The minimum atomic E-state index is -0.509. The Hall–Kier alpha value is -2.11. The van der Waals surface area contributed by atoms with Gasteiger partial charge in [-0.2, -0.15) is 0 Å². The molecule has 128 valence electrons. The Kier molecular flexibility index (Phi) is 6.17. The van der Waals surface area contributed by atoms with Crippen LogP contribution in [0.4, 0.5) is 10.1 Å². The molecular weight excluding hydrogens is 331 g/mol. The molecule has 0 saturated carbocycles. The first-order valence-corrected chi connectivity index (χ1v) is 7.68. The molecule has 1 heterocycles. The summed E-state index contributed by atoms with van der Waals surface area (Å²) in [5, 5.41) is 5.82. The molecule has 0 radical (unpaired) electrons. The Labute approximate surface area is 146 Å². The van der Waals surface area contributed by atoms with Crippen LogP contribution in [0.15, 0.2) is 48.5 Å². The smallest absolute Gasteiger partial charge is 0.227 e. The van der Waals surface area contributed by atoms with Crippen molar-refractivity contribution in [2.24, 2.45) is 11.8 Å². The van der Waals surface area contributed by atoms with Crippen LogP contribution in [0.3, 0.4) is 0 Å². The Morgan fingerprint density at radius 1 is 1.21 bits per heavy atom. The summed E-state index contributed by atoms with van der Waals surface area (Å²) in [5.74, 6) is 0.291. The first-order valence-electron chi connectivity index (χ1n) is 7.68.